The second kappa shape index (κ2) is 12.0. The van der Waals surface area contributed by atoms with E-state index in [4.69, 9.17) is 9.97 Å². The number of aromatic nitrogens is 4. The molecular formula is C31H44N6O2. The molecule has 1 aliphatic heterocycles. The fraction of sp³-hybridized carbons (Fsp3) is 0.613. The van der Waals surface area contributed by atoms with Crippen molar-refractivity contribution in [1.29, 1.82) is 0 Å². The van der Waals surface area contributed by atoms with E-state index < -0.39 is 0 Å². The lowest BCUT2D eigenvalue weighted by molar-refractivity contribution is 0.0713. The number of nitrogens with one attached hydrogen (secondary N) is 1. The smallest absolute Gasteiger partial charge is 0.253 e. The van der Waals surface area contributed by atoms with E-state index in [0.717, 1.165) is 92.4 Å². The molecule has 2 aliphatic rings. The van der Waals surface area contributed by atoms with Crippen LogP contribution in [-0.2, 0) is 0 Å². The first-order valence-corrected chi connectivity index (χ1v) is 14.9. The highest BCUT2D eigenvalue weighted by molar-refractivity contribution is 5.94. The maximum Gasteiger partial charge on any atom is 0.253 e. The highest BCUT2D eigenvalue weighted by atomic mass is 16.3. The summed E-state index contributed by atoms with van der Waals surface area (Å²) in [6.07, 6.45) is 12.6. The molecule has 210 valence electrons. The maximum atomic E-state index is 13.2. The van der Waals surface area contributed by atoms with Crippen LogP contribution in [0, 0.1) is 19.8 Å². The van der Waals surface area contributed by atoms with Crippen molar-refractivity contribution in [3.63, 3.8) is 0 Å². The number of carbonyl (C=O) groups is 1. The van der Waals surface area contributed by atoms with Crippen LogP contribution >= 0.6 is 0 Å². The third-order valence-corrected chi connectivity index (χ3v) is 8.72. The second-order valence-electron chi connectivity index (χ2n) is 11.8. The van der Waals surface area contributed by atoms with E-state index in [1.807, 2.05) is 37.1 Å². The SMILES string of the molecule is CCC[C@H](C)Nc1ncc2c(C3CCN(C(=O)c4cc(C)nc(C)c4)CC3)cn([C@H]3CC[C@H](CO)CC3)c2n1. The van der Waals surface area contributed by atoms with Crippen LogP contribution in [0.2, 0.25) is 0 Å². The topological polar surface area (TPSA) is 96.2 Å². The molecule has 2 fully saturated rings. The Morgan fingerprint density at radius 2 is 1.77 bits per heavy atom. The van der Waals surface area contributed by atoms with Gasteiger partial charge in [0.1, 0.15) is 5.65 Å². The van der Waals surface area contributed by atoms with Crippen LogP contribution in [-0.4, -0.2) is 61.2 Å². The average molecular weight is 533 g/mol. The van der Waals surface area contributed by atoms with Crippen LogP contribution < -0.4 is 5.32 Å². The summed E-state index contributed by atoms with van der Waals surface area (Å²) in [5.41, 5.74) is 4.82. The van der Waals surface area contributed by atoms with Crippen molar-refractivity contribution in [2.24, 2.45) is 5.92 Å². The molecule has 3 aromatic rings. The Labute approximate surface area is 232 Å². The van der Waals surface area contributed by atoms with E-state index >= 15 is 0 Å². The first kappa shape index (κ1) is 27.6. The van der Waals surface area contributed by atoms with E-state index in [-0.39, 0.29) is 12.5 Å². The molecule has 1 saturated carbocycles. The van der Waals surface area contributed by atoms with Gasteiger partial charge < -0.3 is 19.9 Å². The number of piperidine rings is 1. The van der Waals surface area contributed by atoms with Gasteiger partial charge in [0, 0.05) is 66.5 Å². The van der Waals surface area contributed by atoms with Crippen molar-refractivity contribution in [3.8, 4) is 0 Å². The lowest BCUT2D eigenvalue weighted by Crippen LogP contribution is -2.38. The van der Waals surface area contributed by atoms with E-state index in [0.29, 0.717) is 29.9 Å². The number of amides is 1. The third kappa shape index (κ3) is 6.11. The molecule has 1 amide bonds. The highest BCUT2D eigenvalue weighted by Gasteiger charge is 2.30. The zero-order valence-corrected chi connectivity index (χ0v) is 24.0. The Kier molecular flexibility index (Phi) is 8.50. The molecular weight excluding hydrogens is 488 g/mol. The quantitative estimate of drug-likeness (QED) is 0.381. The number of aryl methyl sites for hydroxylation is 2. The molecule has 39 heavy (non-hydrogen) atoms. The molecule has 1 atom stereocenters. The van der Waals surface area contributed by atoms with Crippen LogP contribution in [0.15, 0.2) is 24.5 Å². The molecule has 8 nitrogen and oxygen atoms in total. The van der Waals surface area contributed by atoms with Crippen LogP contribution in [0.4, 0.5) is 5.95 Å². The van der Waals surface area contributed by atoms with E-state index in [1.54, 1.807) is 0 Å². The number of anilines is 1. The van der Waals surface area contributed by atoms with Crippen molar-refractivity contribution in [2.75, 3.05) is 25.0 Å². The normalized spacial score (nSPS) is 21.3. The number of nitrogens with zero attached hydrogens (tertiary/aromatic N) is 5. The number of aliphatic hydroxyl groups is 1. The molecule has 8 heteroatoms. The molecule has 3 aromatic heterocycles. The third-order valence-electron chi connectivity index (χ3n) is 8.72. The van der Waals surface area contributed by atoms with Gasteiger partial charge in [0.15, 0.2) is 0 Å². The standard InChI is InChI=1S/C31H44N6O2/c1-5-6-20(2)34-31-32-17-27-28(18-37(29(27)35-31)26-9-7-23(19-38)8-10-26)24-11-13-36(14-12-24)30(39)25-15-21(3)33-22(4)16-25/h15-18,20,23-24,26,38H,5-14,19H2,1-4H3,(H,32,34,35)/t20-,23-,26-/m0/s1. The van der Waals surface area contributed by atoms with Gasteiger partial charge in [-0.15, -0.1) is 0 Å². The van der Waals surface area contributed by atoms with E-state index in [1.165, 1.54) is 5.56 Å². The van der Waals surface area contributed by atoms with Crippen molar-refractivity contribution in [1.82, 2.24) is 24.4 Å². The Morgan fingerprint density at radius 1 is 1.08 bits per heavy atom. The summed E-state index contributed by atoms with van der Waals surface area (Å²) < 4.78 is 2.40. The molecule has 2 N–H and O–H groups in total. The number of hydrogen-bond acceptors (Lipinski definition) is 6. The van der Waals surface area contributed by atoms with Crippen LogP contribution in [0.3, 0.4) is 0 Å². The van der Waals surface area contributed by atoms with Crippen LogP contribution in [0.5, 0.6) is 0 Å². The lowest BCUT2D eigenvalue weighted by Gasteiger charge is -2.32. The Hall–Kier alpha value is -3.00. The summed E-state index contributed by atoms with van der Waals surface area (Å²) in [4.78, 5) is 29.4. The molecule has 0 bridgehead atoms. The van der Waals surface area contributed by atoms with Crippen LogP contribution in [0.25, 0.3) is 11.0 Å². The predicted octanol–water partition coefficient (Wildman–Crippen LogP) is 5.79. The van der Waals surface area contributed by atoms with Gasteiger partial charge in [-0.25, -0.2) is 4.98 Å². The average Bonchev–Trinajstić information content (AvgIpc) is 3.31. The van der Waals surface area contributed by atoms with Gasteiger partial charge in [-0.1, -0.05) is 13.3 Å². The van der Waals surface area contributed by atoms with Crippen molar-refractivity contribution >= 4 is 22.9 Å². The molecule has 0 unspecified atom stereocenters. The summed E-state index contributed by atoms with van der Waals surface area (Å²) in [5.74, 6) is 1.58. The number of rotatable bonds is 8. The minimum Gasteiger partial charge on any atom is -0.396 e. The number of aliphatic hydroxyl groups excluding tert-OH is 1. The zero-order chi connectivity index (χ0) is 27.5. The van der Waals surface area contributed by atoms with Gasteiger partial charge in [-0.3, -0.25) is 9.78 Å². The van der Waals surface area contributed by atoms with Gasteiger partial charge in [-0.05, 0) is 95.2 Å². The molecule has 1 aliphatic carbocycles. The zero-order valence-electron chi connectivity index (χ0n) is 24.0. The molecule has 0 spiro atoms. The van der Waals surface area contributed by atoms with E-state index in [2.05, 4.69) is 34.9 Å². The lowest BCUT2D eigenvalue weighted by atomic mass is 9.86. The molecule has 1 saturated heterocycles. The van der Waals surface area contributed by atoms with Crippen molar-refractivity contribution in [3.05, 3.63) is 47.0 Å². The number of pyridine rings is 1. The van der Waals surface area contributed by atoms with E-state index in [9.17, 15) is 9.90 Å². The molecule has 4 heterocycles. The monoisotopic (exact) mass is 532 g/mol. The summed E-state index contributed by atoms with van der Waals surface area (Å²) >= 11 is 0. The number of hydrogen-bond donors (Lipinski definition) is 2. The minimum atomic E-state index is 0.102. The maximum absolute atomic E-state index is 13.2. The summed E-state index contributed by atoms with van der Waals surface area (Å²) in [6.45, 7) is 10.0. The Balaban J connectivity index is 1.38. The van der Waals surface area contributed by atoms with Gasteiger partial charge in [0.05, 0.1) is 0 Å². The van der Waals surface area contributed by atoms with Crippen molar-refractivity contribution < 1.29 is 9.90 Å². The van der Waals surface area contributed by atoms with Gasteiger partial charge in [0.2, 0.25) is 5.95 Å². The largest absolute Gasteiger partial charge is 0.396 e. The fourth-order valence-electron chi connectivity index (χ4n) is 6.59. The highest BCUT2D eigenvalue weighted by Crippen LogP contribution is 2.39. The first-order chi connectivity index (χ1) is 18.9. The van der Waals surface area contributed by atoms with Gasteiger partial charge in [-0.2, -0.15) is 4.98 Å². The molecule has 0 aromatic carbocycles. The Bertz CT molecular complexity index is 1270. The van der Waals surface area contributed by atoms with Crippen LogP contribution in [0.1, 0.15) is 104 Å². The fourth-order valence-corrected chi connectivity index (χ4v) is 6.59. The summed E-state index contributed by atoms with van der Waals surface area (Å²) in [7, 11) is 0. The predicted molar refractivity (Wildman–Crippen MR) is 155 cm³/mol. The number of likely N-dealkylation sites (tertiary alicyclic amines) is 1. The Morgan fingerprint density at radius 3 is 2.41 bits per heavy atom. The number of carbonyl (C=O) groups excluding carboxylic acids is 1. The summed E-state index contributed by atoms with van der Waals surface area (Å²) in [6, 6.07) is 4.50. The second-order valence-corrected chi connectivity index (χ2v) is 11.8. The minimum absolute atomic E-state index is 0.102. The summed E-state index contributed by atoms with van der Waals surface area (Å²) in [5, 5.41) is 14.3. The molecule has 0 radical (unpaired) electrons. The van der Waals surface area contributed by atoms with Gasteiger partial charge >= 0.3 is 0 Å². The molecule has 5 rings (SSSR count). The first-order valence-electron chi connectivity index (χ1n) is 14.9. The van der Waals surface area contributed by atoms with Crippen molar-refractivity contribution in [2.45, 2.75) is 97.1 Å². The van der Waals surface area contributed by atoms with Gasteiger partial charge in [0.25, 0.3) is 5.91 Å². The number of fused-ring (bicyclic) bond motifs is 1.